The van der Waals surface area contributed by atoms with E-state index in [-0.39, 0.29) is 5.75 Å². The lowest BCUT2D eigenvalue weighted by atomic mass is 10.0. The predicted octanol–water partition coefficient (Wildman–Crippen LogP) is -0.108. The SMILES string of the molecule is NCc1ccc(-c2cncc(O[C@@H]3OC(S(=O)(=O)O)[C@@H](O)[C@H](O)[C@H]3O)c2)c(Cl)c1. The van der Waals surface area contributed by atoms with Crippen molar-refractivity contribution in [2.24, 2.45) is 5.73 Å². The van der Waals surface area contributed by atoms with E-state index in [0.717, 1.165) is 5.56 Å². The van der Waals surface area contributed by atoms with Gasteiger partial charge in [-0.1, -0.05) is 23.7 Å². The summed E-state index contributed by atoms with van der Waals surface area (Å²) in [7, 11) is -4.89. The minimum Gasteiger partial charge on any atom is -0.460 e. The molecule has 0 saturated carbocycles. The first-order valence-electron chi connectivity index (χ1n) is 8.38. The molecule has 2 aromatic rings. The van der Waals surface area contributed by atoms with E-state index in [4.69, 9.17) is 31.4 Å². The number of hydrogen-bond acceptors (Lipinski definition) is 9. The maximum absolute atomic E-state index is 11.4. The maximum Gasteiger partial charge on any atom is 0.295 e. The normalized spacial score (nSPS) is 27.6. The van der Waals surface area contributed by atoms with E-state index >= 15 is 0 Å². The van der Waals surface area contributed by atoms with Crippen molar-refractivity contribution in [2.75, 3.05) is 0 Å². The summed E-state index contributed by atoms with van der Waals surface area (Å²) in [5.74, 6) is 0.0585. The van der Waals surface area contributed by atoms with Crippen molar-refractivity contribution in [3.8, 4) is 16.9 Å². The summed E-state index contributed by atoms with van der Waals surface area (Å²) in [5.41, 5.74) is 5.40. The molecule has 6 N–H and O–H groups in total. The van der Waals surface area contributed by atoms with E-state index < -0.39 is 40.2 Å². The molecule has 29 heavy (non-hydrogen) atoms. The van der Waals surface area contributed by atoms with E-state index in [1.807, 2.05) is 0 Å². The summed E-state index contributed by atoms with van der Waals surface area (Å²) >= 11 is 6.27. The number of ether oxygens (including phenoxy) is 2. The van der Waals surface area contributed by atoms with Gasteiger partial charge >= 0.3 is 0 Å². The molecule has 1 unspecified atom stereocenters. The number of aromatic nitrogens is 1. The summed E-state index contributed by atoms with van der Waals surface area (Å²) in [5, 5.41) is 30.1. The molecule has 1 aromatic heterocycles. The number of aliphatic hydroxyl groups is 3. The smallest absolute Gasteiger partial charge is 0.295 e. The second-order valence-electron chi connectivity index (χ2n) is 6.41. The third-order valence-electron chi connectivity index (χ3n) is 4.36. The van der Waals surface area contributed by atoms with Gasteiger partial charge in [-0.15, -0.1) is 0 Å². The fraction of sp³-hybridized carbons (Fsp3) is 0.353. The van der Waals surface area contributed by atoms with Crippen LogP contribution in [0.4, 0.5) is 0 Å². The van der Waals surface area contributed by atoms with Crippen molar-refractivity contribution >= 4 is 21.7 Å². The molecule has 2 heterocycles. The molecule has 0 spiro atoms. The van der Waals surface area contributed by atoms with Crippen molar-refractivity contribution in [1.29, 1.82) is 0 Å². The molecule has 1 fully saturated rings. The first-order chi connectivity index (χ1) is 13.6. The lowest BCUT2D eigenvalue weighted by molar-refractivity contribution is -0.254. The van der Waals surface area contributed by atoms with Gasteiger partial charge in [-0.25, -0.2) is 0 Å². The fourth-order valence-corrected chi connectivity index (χ4v) is 3.92. The molecule has 1 aromatic carbocycles. The second-order valence-corrected chi connectivity index (χ2v) is 8.31. The van der Waals surface area contributed by atoms with Gasteiger partial charge in [0.2, 0.25) is 11.7 Å². The van der Waals surface area contributed by atoms with Gasteiger partial charge in [-0.2, -0.15) is 8.42 Å². The number of benzene rings is 1. The minimum atomic E-state index is -4.89. The summed E-state index contributed by atoms with van der Waals surface area (Å²) in [6.07, 6.45) is -4.72. The minimum absolute atomic E-state index is 0.0585. The summed E-state index contributed by atoms with van der Waals surface area (Å²) in [6.45, 7) is 0.321. The van der Waals surface area contributed by atoms with Gasteiger partial charge in [0, 0.05) is 28.9 Å². The third kappa shape index (κ3) is 4.68. The van der Waals surface area contributed by atoms with Crippen molar-refractivity contribution < 1.29 is 37.8 Å². The lowest BCUT2D eigenvalue weighted by Crippen LogP contribution is -2.61. The van der Waals surface area contributed by atoms with Gasteiger partial charge in [-0.3, -0.25) is 9.54 Å². The first kappa shape index (κ1) is 21.9. The van der Waals surface area contributed by atoms with Crippen LogP contribution in [0.3, 0.4) is 0 Å². The predicted molar refractivity (Wildman–Crippen MR) is 101 cm³/mol. The molecule has 0 amide bonds. The Bertz CT molecular complexity index is 989. The van der Waals surface area contributed by atoms with E-state index in [9.17, 15) is 23.7 Å². The summed E-state index contributed by atoms with van der Waals surface area (Å²) < 4.78 is 42.3. The Morgan fingerprint density at radius 1 is 1.14 bits per heavy atom. The number of pyridine rings is 1. The van der Waals surface area contributed by atoms with Crippen LogP contribution in [-0.4, -0.2) is 63.3 Å². The molecule has 0 aliphatic carbocycles. The topological polar surface area (TPSA) is 172 Å². The standard InChI is InChI=1S/C17H19ClN2O8S/c18-12-3-8(5-19)1-2-11(12)9-4-10(7-20-6-9)27-16-14(22)13(21)15(23)17(28-16)29(24,25)26/h1-4,6-7,13-17,21-23H,5,19H2,(H,24,25,26)/t13-,14-,15+,16-,17?/m1/s1. The molecular formula is C17H19ClN2O8S. The third-order valence-corrected chi connectivity index (χ3v) is 5.65. The Labute approximate surface area is 171 Å². The van der Waals surface area contributed by atoms with E-state index in [1.165, 1.54) is 18.5 Å². The number of hydrogen-bond donors (Lipinski definition) is 5. The Hall–Kier alpha value is -1.83. The van der Waals surface area contributed by atoms with Crippen LogP contribution in [0, 0.1) is 0 Å². The summed E-state index contributed by atoms with van der Waals surface area (Å²) in [6, 6.07) is 6.74. The number of halogens is 1. The van der Waals surface area contributed by atoms with Crippen LogP contribution in [0.2, 0.25) is 5.02 Å². The molecule has 1 aliphatic rings. The van der Waals surface area contributed by atoms with Crippen LogP contribution in [-0.2, 0) is 21.4 Å². The highest BCUT2D eigenvalue weighted by Gasteiger charge is 2.50. The van der Waals surface area contributed by atoms with Crippen molar-refractivity contribution in [1.82, 2.24) is 4.98 Å². The van der Waals surface area contributed by atoms with Crippen LogP contribution in [0.15, 0.2) is 36.7 Å². The van der Waals surface area contributed by atoms with Gasteiger partial charge in [0.25, 0.3) is 10.1 Å². The van der Waals surface area contributed by atoms with Gasteiger partial charge in [0.1, 0.15) is 24.1 Å². The Kier molecular flexibility index (Phi) is 6.41. The molecule has 0 bridgehead atoms. The molecular weight excluding hydrogens is 428 g/mol. The van der Waals surface area contributed by atoms with Crippen LogP contribution in [0.1, 0.15) is 5.56 Å². The van der Waals surface area contributed by atoms with E-state index in [1.54, 1.807) is 18.2 Å². The highest BCUT2D eigenvalue weighted by atomic mass is 35.5. The molecule has 3 rings (SSSR count). The van der Waals surface area contributed by atoms with E-state index in [0.29, 0.717) is 22.7 Å². The van der Waals surface area contributed by atoms with Gasteiger partial charge in [-0.05, 0) is 17.7 Å². The van der Waals surface area contributed by atoms with Crippen molar-refractivity contribution in [2.45, 2.75) is 36.6 Å². The molecule has 10 nitrogen and oxygen atoms in total. The first-order valence-corrected chi connectivity index (χ1v) is 10.3. The number of aliphatic hydroxyl groups excluding tert-OH is 3. The fourth-order valence-electron chi connectivity index (χ4n) is 2.85. The number of rotatable bonds is 5. The number of nitrogens with zero attached hydrogens (tertiary/aromatic N) is 1. The van der Waals surface area contributed by atoms with Crippen LogP contribution in [0.25, 0.3) is 11.1 Å². The highest BCUT2D eigenvalue weighted by molar-refractivity contribution is 7.86. The number of nitrogens with two attached hydrogens (primary N) is 1. The Morgan fingerprint density at radius 3 is 2.48 bits per heavy atom. The largest absolute Gasteiger partial charge is 0.460 e. The second kappa shape index (κ2) is 8.50. The lowest BCUT2D eigenvalue weighted by Gasteiger charge is -2.38. The van der Waals surface area contributed by atoms with Crippen LogP contribution in [0.5, 0.6) is 5.75 Å². The average molecular weight is 447 g/mol. The molecule has 1 saturated heterocycles. The van der Waals surface area contributed by atoms with Crippen molar-refractivity contribution in [3.05, 3.63) is 47.2 Å². The quantitative estimate of drug-likeness (QED) is 0.390. The zero-order chi connectivity index (χ0) is 21.3. The molecule has 0 radical (unpaired) electrons. The van der Waals surface area contributed by atoms with Crippen LogP contribution >= 0.6 is 11.6 Å². The highest BCUT2D eigenvalue weighted by Crippen LogP contribution is 2.32. The maximum atomic E-state index is 11.4. The Balaban J connectivity index is 1.86. The average Bonchev–Trinajstić information content (AvgIpc) is 2.67. The van der Waals surface area contributed by atoms with Crippen LogP contribution < -0.4 is 10.5 Å². The molecule has 158 valence electrons. The van der Waals surface area contributed by atoms with Crippen molar-refractivity contribution in [3.63, 3.8) is 0 Å². The molecule has 5 atom stereocenters. The zero-order valence-corrected chi connectivity index (χ0v) is 16.4. The zero-order valence-electron chi connectivity index (χ0n) is 14.8. The van der Waals surface area contributed by atoms with Gasteiger partial charge < -0.3 is 30.5 Å². The summed E-state index contributed by atoms with van der Waals surface area (Å²) in [4.78, 5) is 4.01. The van der Waals surface area contributed by atoms with Gasteiger partial charge in [0.05, 0.1) is 6.20 Å². The Morgan fingerprint density at radius 2 is 1.86 bits per heavy atom. The molecule has 1 aliphatic heterocycles. The monoisotopic (exact) mass is 446 g/mol. The van der Waals surface area contributed by atoms with E-state index in [2.05, 4.69) is 4.98 Å². The van der Waals surface area contributed by atoms with Gasteiger partial charge in [0.15, 0.2) is 0 Å². The molecule has 12 heteroatoms.